The number of pyridine rings is 1. The van der Waals surface area contributed by atoms with Crippen molar-refractivity contribution in [2.75, 3.05) is 14.1 Å². The molecule has 0 spiro atoms. The summed E-state index contributed by atoms with van der Waals surface area (Å²) in [5.74, 6) is 0.698. The Morgan fingerprint density at radius 1 is 1.20 bits per heavy atom. The van der Waals surface area contributed by atoms with Crippen molar-refractivity contribution in [1.29, 1.82) is 0 Å². The highest BCUT2D eigenvalue weighted by atomic mass is 32.2. The van der Waals surface area contributed by atoms with Crippen molar-refractivity contribution in [3.8, 4) is 0 Å². The first-order valence-electron chi connectivity index (χ1n) is 9.85. The fraction of sp³-hybridized carbons (Fsp3) is 0.381. The molecular formula is C21H27N5O3S. The van der Waals surface area contributed by atoms with Gasteiger partial charge < -0.3 is 9.88 Å². The van der Waals surface area contributed by atoms with Crippen LogP contribution < -0.4 is 5.32 Å². The second-order valence-corrected chi connectivity index (χ2v) is 9.43. The number of hydrogen-bond acceptors (Lipinski definition) is 5. The number of nitrogens with zero attached hydrogens (tertiary/aromatic N) is 4. The zero-order valence-electron chi connectivity index (χ0n) is 17.7. The highest BCUT2D eigenvalue weighted by Gasteiger charge is 2.20. The van der Waals surface area contributed by atoms with Crippen LogP contribution in [0.4, 0.5) is 0 Å². The normalized spacial score (nSPS) is 13.0. The number of benzene rings is 1. The van der Waals surface area contributed by atoms with E-state index >= 15 is 0 Å². The van der Waals surface area contributed by atoms with E-state index in [1.165, 1.54) is 18.4 Å². The molecule has 3 rings (SSSR count). The van der Waals surface area contributed by atoms with Crippen molar-refractivity contribution in [2.24, 2.45) is 0 Å². The van der Waals surface area contributed by atoms with Gasteiger partial charge in [-0.2, -0.15) is 0 Å². The van der Waals surface area contributed by atoms with E-state index in [0.717, 1.165) is 16.9 Å². The quantitative estimate of drug-likeness (QED) is 0.593. The fourth-order valence-electron chi connectivity index (χ4n) is 3.35. The Labute approximate surface area is 177 Å². The van der Waals surface area contributed by atoms with Gasteiger partial charge in [0.25, 0.3) is 0 Å². The molecule has 160 valence electrons. The maximum atomic E-state index is 12.4. The zero-order valence-corrected chi connectivity index (χ0v) is 18.5. The predicted octanol–water partition coefficient (Wildman–Crippen LogP) is 2.51. The molecule has 2 aromatic heterocycles. The van der Waals surface area contributed by atoms with E-state index in [9.17, 15) is 13.2 Å². The Morgan fingerprint density at radius 3 is 2.53 bits per heavy atom. The van der Waals surface area contributed by atoms with Crippen molar-refractivity contribution in [1.82, 2.24) is 24.2 Å². The molecule has 1 atom stereocenters. The molecule has 1 N–H and O–H groups in total. The molecule has 1 unspecified atom stereocenters. The average Bonchev–Trinajstić information content (AvgIpc) is 3.09. The molecule has 8 nitrogen and oxygen atoms in total. The lowest BCUT2D eigenvalue weighted by atomic mass is 10.1. The number of carbonyl (C=O) groups excluding carboxylic acids is 1. The van der Waals surface area contributed by atoms with Gasteiger partial charge in [0.15, 0.2) is 0 Å². The van der Waals surface area contributed by atoms with Crippen LogP contribution in [0.3, 0.4) is 0 Å². The van der Waals surface area contributed by atoms with Crippen LogP contribution in [0, 0.1) is 0 Å². The molecule has 9 heteroatoms. The molecule has 1 amide bonds. The summed E-state index contributed by atoms with van der Waals surface area (Å²) in [4.78, 5) is 21.2. The number of fused-ring (bicyclic) bond motifs is 1. The van der Waals surface area contributed by atoms with Crippen LogP contribution in [-0.2, 0) is 27.8 Å². The zero-order chi connectivity index (χ0) is 21.9. The smallest absolute Gasteiger partial charge is 0.242 e. The van der Waals surface area contributed by atoms with Gasteiger partial charge in [0.05, 0.1) is 22.0 Å². The van der Waals surface area contributed by atoms with Crippen LogP contribution in [0.25, 0.3) is 11.0 Å². The van der Waals surface area contributed by atoms with E-state index < -0.39 is 10.0 Å². The second kappa shape index (κ2) is 8.93. The summed E-state index contributed by atoms with van der Waals surface area (Å²) in [5.41, 5.74) is 2.46. The number of aryl methyl sites for hydroxylation is 2. The van der Waals surface area contributed by atoms with Crippen molar-refractivity contribution < 1.29 is 13.2 Å². The van der Waals surface area contributed by atoms with Gasteiger partial charge in [-0.1, -0.05) is 0 Å². The summed E-state index contributed by atoms with van der Waals surface area (Å²) in [6.45, 7) is 4.61. The van der Waals surface area contributed by atoms with E-state index in [1.54, 1.807) is 30.6 Å². The molecule has 0 saturated carbocycles. The fourth-order valence-corrected chi connectivity index (χ4v) is 4.27. The van der Waals surface area contributed by atoms with Crippen LogP contribution in [0.15, 0.2) is 47.6 Å². The van der Waals surface area contributed by atoms with Gasteiger partial charge in [0.1, 0.15) is 5.82 Å². The molecule has 3 aromatic rings. The molecule has 0 radical (unpaired) electrons. The first-order valence-corrected chi connectivity index (χ1v) is 11.3. The highest BCUT2D eigenvalue weighted by Crippen LogP contribution is 2.23. The minimum Gasteiger partial charge on any atom is -0.350 e. The number of rotatable bonds is 8. The predicted molar refractivity (Wildman–Crippen MR) is 115 cm³/mol. The number of carbonyl (C=O) groups is 1. The molecular weight excluding hydrogens is 402 g/mol. The van der Waals surface area contributed by atoms with Crippen molar-refractivity contribution in [3.63, 3.8) is 0 Å². The van der Waals surface area contributed by atoms with E-state index in [-0.39, 0.29) is 16.8 Å². The Balaban J connectivity index is 1.76. The Kier molecular flexibility index (Phi) is 6.52. The standard InChI is InChI=1S/C21H27N5O3S/c1-5-26-19-7-6-17(30(28,29)25(3)4)14-18(19)24-20(26)8-9-21(27)23-15(2)16-10-12-22-13-11-16/h6-7,10-15H,5,8-9H2,1-4H3,(H,23,27). The van der Waals surface area contributed by atoms with Gasteiger partial charge in [-0.25, -0.2) is 17.7 Å². The number of sulfonamides is 1. The van der Waals surface area contributed by atoms with Gasteiger partial charge in [0, 0.05) is 45.9 Å². The Bertz CT molecular complexity index is 1140. The lowest BCUT2D eigenvalue weighted by Crippen LogP contribution is -2.27. The second-order valence-electron chi connectivity index (χ2n) is 7.28. The number of amides is 1. The van der Waals surface area contributed by atoms with Crippen LogP contribution in [-0.4, -0.2) is 47.3 Å². The minimum atomic E-state index is -3.53. The maximum Gasteiger partial charge on any atom is 0.242 e. The van der Waals surface area contributed by atoms with E-state index in [2.05, 4.69) is 15.3 Å². The van der Waals surface area contributed by atoms with Gasteiger partial charge >= 0.3 is 0 Å². The van der Waals surface area contributed by atoms with Gasteiger partial charge in [-0.3, -0.25) is 9.78 Å². The number of nitrogens with one attached hydrogen (secondary N) is 1. The van der Waals surface area contributed by atoms with E-state index in [0.29, 0.717) is 24.9 Å². The summed E-state index contributed by atoms with van der Waals surface area (Å²) in [5, 5.41) is 2.99. The highest BCUT2D eigenvalue weighted by molar-refractivity contribution is 7.89. The number of hydrogen-bond donors (Lipinski definition) is 1. The maximum absolute atomic E-state index is 12.4. The topological polar surface area (TPSA) is 97.2 Å². The van der Waals surface area contributed by atoms with E-state index in [4.69, 9.17) is 0 Å². The largest absolute Gasteiger partial charge is 0.350 e. The lowest BCUT2D eigenvalue weighted by molar-refractivity contribution is -0.121. The first kappa shape index (κ1) is 21.9. The monoisotopic (exact) mass is 429 g/mol. The number of aromatic nitrogens is 3. The van der Waals surface area contributed by atoms with Gasteiger partial charge in [-0.05, 0) is 49.7 Å². The molecule has 1 aromatic carbocycles. The van der Waals surface area contributed by atoms with E-state index in [1.807, 2.05) is 30.5 Å². The summed E-state index contributed by atoms with van der Waals surface area (Å²) >= 11 is 0. The Hall–Kier alpha value is -2.78. The first-order chi connectivity index (χ1) is 14.2. The van der Waals surface area contributed by atoms with Crippen LogP contribution >= 0.6 is 0 Å². The van der Waals surface area contributed by atoms with Gasteiger partial charge in [-0.15, -0.1) is 0 Å². The molecule has 0 aliphatic heterocycles. The average molecular weight is 430 g/mol. The number of imidazole rings is 1. The molecule has 2 heterocycles. The SMILES string of the molecule is CCn1c(CCC(=O)NC(C)c2ccncc2)nc2cc(S(=O)(=O)N(C)C)ccc21. The van der Waals surface area contributed by atoms with Crippen molar-refractivity contribution >= 4 is 27.0 Å². The summed E-state index contributed by atoms with van der Waals surface area (Å²) in [6, 6.07) is 8.60. The third-order valence-electron chi connectivity index (χ3n) is 5.05. The molecule has 30 heavy (non-hydrogen) atoms. The third-order valence-corrected chi connectivity index (χ3v) is 6.86. The van der Waals surface area contributed by atoms with Crippen LogP contribution in [0.1, 0.15) is 37.7 Å². The minimum absolute atomic E-state index is 0.0649. The lowest BCUT2D eigenvalue weighted by Gasteiger charge is -2.14. The molecule has 0 aliphatic carbocycles. The Morgan fingerprint density at radius 2 is 1.90 bits per heavy atom. The van der Waals surface area contributed by atoms with Gasteiger partial charge in [0.2, 0.25) is 15.9 Å². The van der Waals surface area contributed by atoms with Crippen LogP contribution in [0.2, 0.25) is 0 Å². The van der Waals surface area contributed by atoms with Crippen LogP contribution in [0.5, 0.6) is 0 Å². The molecule has 0 fully saturated rings. The molecule has 0 bridgehead atoms. The molecule has 0 saturated heterocycles. The summed E-state index contributed by atoms with van der Waals surface area (Å²) in [7, 11) is -0.526. The molecule has 0 aliphatic rings. The van der Waals surface area contributed by atoms with Crippen molar-refractivity contribution in [2.45, 2.75) is 44.2 Å². The third kappa shape index (κ3) is 4.52. The summed E-state index contributed by atoms with van der Waals surface area (Å²) < 4.78 is 28.0. The summed E-state index contributed by atoms with van der Waals surface area (Å²) in [6.07, 6.45) is 4.16. The van der Waals surface area contributed by atoms with Crippen molar-refractivity contribution in [3.05, 3.63) is 54.1 Å².